The number of ether oxygens (including phenoxy) is 3. The maximum Gasteiger partial charge on any atom is 0.586 e. The smallest absolute Gasteiger partial charge is 0.445 e. The van der Waals surface area contributed by atoms with E-state index in [1.54, 1.807) is 0 Å². The molecule has 2 atom stereocenters. The maximum atomic E-state index is 13.0. The van der Waals surface area contributed by atoms with Crippen LogP contribution in [0.1, 0.15) is 23.7 Å². The lowest BCUT2D eigenvalue weighted by molar-refractivity contribution is -0.286. The van der Waals surface area contributed by atoms with Crippen LogP contribution in [0.25, 0.3) is 0 Å². The fourth-order valence-corrected chi connectivity index (χ4v) is 2.63. The van der Waals surface area contributed by atoms with Crippen molar-refractivity contribution in [3.05, 3.63) is 59.7 Å². The molecule has 150 valence electrons. The minimum Gasteiger partial charge on any atom is -0.445 e. The zero-order chi connectivity index (χ0) is 20.1. The number of halogens is 2. The Morgan fingerprint density at radius 3 is 2.57 bits per heavy atom. The zero-order valence-corrected chi connectivity index (χ0v) is 14.7. The van der Waals surface area contributed by atoms with Crippen molar-refractivity contribution in [3.8, 4) is 11.5 Å². The third kappa shape index (κ3) is 5.08. The van der Waals surface area contributed by atoms with Crippen molar-refractivity contribution in [2.24, 2.45) is 0 Å². The average Bonchev–Trinajstić information content (AvgIpc) is 2.99. The third-order valence-corrected chi connectivity index (χ3v) is 4.05. The molecule has 0 aliphatic carbocycles. The van der Waals surface area contributed by atoms with Gasteiger partial charge in [0.25, 0.3) is 0 Å². The highest BCUT2D eigenvalue weighted by atomic mass is 19.3. The third-order valence-electron chi connectivity index (χ3n) is 4.05. The van der Waals surface area contributed by atoms with Gasteiger partial charge in [-0.3, -0.25) is 0 Å². The molecule has 1 amide bonds. The zero-order valence-electron chi connectivity index (χ0n) is 14.7. The first kappa shape index (κ1) is 19.8. The Hall–Kier alpha value is -2.91. The van der Waals surface area contributed by atoms with Crippen molar-refractivity contribution in [1.29, 1.82) is 0 Å². The summed E-state index contributed by atoms with van der Waals surface area (Å²) in [5, 5.41) is 22.7. The van der Waals surface area contributed by atoms with Gasteiger partial charge in [-0.05, 0) is 29.7 Å². The van der Waals surface area contributed by atoms with E-state index in [0.717, 1.165) is 5.56 Å². The monoisotopic (exact) mass is 395 g/mol. The van der Waals surface area contributed by atoms with Crippen molar-refractivity contribution < 1.29 is 38.0 Å². The van der Waals surface area contributed by atoms with Gasteiger partial charge in [-0.1, -0.05) is 36.4 Å². The molecule has 0 aromatic heterocycles. The molecular formula is C19H19F2NO6. The van der Waals surface area contributed by atoms with Crippen LogP contribution in [-0.4, -0.2) is 35.2 Å². The number of alkyl carbamates (subject to hydrolysis) is 1. The molecule has 28 heavy (non-hydrogen) atoms. The van der Waals surface area contributed by atoms with Crippen LogP contribution in [0, 0.1) is 0 Å². The van der Waals surface area contributed by atoms with Crippen molar-refractivity contribution in [2.75, 3.05) is 6.54 Å². The van der Waals surface area contributed by atoms with Gasteiger partial charge in [0.15, 0.2) is 11.5 Å². The molecular weight excluding hydrogens is 376 g/mol. The Labute approximate surface area is 159 Å². The number of carbonyl (C=O) groups is 1. The Kier molecular flexibility index (Phi) is 5.96. The van der Waals surface area contributed by atoms with Crippen molar-refractivity contribution >= 4 is 6.09 Å². The van der Waals surface area contributed by atoms with Crippen LogP contribution >= 0.6 is 0 Å². The van der Waals surface area contributed by atoms with Crippen LogP contribution < -0.4 is 14.8 Å². The van der Waals surface area contributed by atoms with Crippen LogP contribution in [0.2, 0.25) is 0 Å². The van der Waals surface area contributed by atoms with Crippen molar-refractivity contribution in [1.82, 2.24) is 5.32 Å². The highest BCUT2D eigenvalue weighted by molar-refractivity contribution is 5.67. The number of hydrogen-bond acceptors (Lipinski definition) is 6. The Morgan fingerprint density at radius 1 is 1.11 bits per heavy atom. The fourth-order valence-electron chi connectivity index (χ4n) is 2.63. The summed E-state index contributed by atoms with van der Waals surface area (Å²) in [7, 11) is 0. The Bertz CT molecular complexity index is 817. The fraction of sp³-hybridized carbons (Fsp3) is 0.316. The van der Waals surface area contributed by atoms with Gasteiger partial charge in [-0.2, -0.15) is 0 Å². The molecule has 0 radical (unpaired) electrons. The summed E-state index contributed by atoms with van der Waals surface area (Å²) in [5.41, 5.74) is 1.01. The minimum atomic E-state index is -3.76. The first-order valence-electron chi connectivity index (χ1n) is 8.54. The summed E-state index contributed by atoms with van der Waals surface area (Å²) in [6.07, 6.45) is -6.99. The second kappa shape index (κ2) is 8.41. The molecule has 3 rings (SSSR count). The summed E-state index contributed by atoms with van der Waals surface area (Å²) in [6, 6.07) is 12.9. The Morgan fingerprint density at radius 2 is 1.82 bits per heavy atom. The van der Waals surface area contributed by atoms with Gasteiger partial charge in [-0.15, -0.1) is 8.78 Å². The summed E-state index contributed by atoms with van der Waals surface area (Å²) in [6.45, 7) is 0.161. The molecule has 1 aliphatic rings. The van der Waals surface area contributed by atoms with E-state index < -0.39 is 24.6 Å². The minimum absolute atomic E-state index is 0.0200. The average molecular weight is 395 g/mol. The van der Waals surface area contributed by atoms with E-state index in [9.17, 15) is 23.8 Å². The lowest BCUT2D eigenvalue weighted by Gasteiger charge is -2.18. The highest BCUT2D eigenvalue weighted by Gasteiger charge is 2.43. The molecule has 2 unspecified atom stereocenters. The lowest BCUT2D eigenvalue weighted by Crippen LogP contribution is -2.29. The Balaban J connectivity index is 1.43. The highest BCUT2D eigenvalue weighted by Crippen LogP contribution is 2.42. The number of carbonyl (C=O) groups excluding carboxylic acids is 1. The van der Waals surface area contributed by atoms with E-state index in [1.165, 1.54) is 18.2 Å². The van der Waals surface area contributed by atoms with Gasteiger partial charge in [0, 0.05) is 6.54 Å². The summed E-state index contributed by atoms with van der Waals surface area (Å²) >= 11 is 0. The molecule has 2 aromatic carbocycles. The molecule has 0 bridgehead atoms. The van der Waals surface area contributed by atoms with Gasteiger partial charge in [0.1, 0.15) is 12.7 Å². The van der Waals surface area contributed by atoms with Crippen LogP contribution in [0.5, 0.6) is 11.5 Å². The summed E-state index contributed by atoms with van der Waals surface area (Å²) < 4.78 is 39.7. The molecule has 0 saturated carbocycles. The predicted molar refractivity (Wildman–Crippen MR) is 92.9 cm³/mol. The quantitative estimate of drug-likeness (QED) is 0.667. The second-order valence-corrected chi connectivity index (χ2v) is 6.16. The molecule has 9 heteroatoms. The number of benzene rings is 2. The topological polar surface area (TPSA) is 97.3 Å². The number of fused-ring (bicyclic) bond motifs is 1. The molecule has 0 saturated heterocycles. The predicted octanol–water partition coefficient (Wildman–Crippen LogP) is 2.72. The first-order valence-corrected chi connectivity index (χ1v) is 8.54. The lowest BCUT2D eigenvalue weighted by atomic mass is 10.0. The molecule has 1 aliphatic heterocycles. The molecule has 0 fully saturated rings. The van der Waals surface area contributed by atoms with Crippen LogP contribution in [0.4, 0.5) is 13.6 Å². The molecule has 2 aromatic rings. The van der Waals surface area contributed by atoms with Gasteiger partial charge >= 0.3 is 12.4 Å². The largest absolute Gasteiger partial charge is 0.586 e. The number of amides is 1. The van der Waals surface area contributed by atoms with E-state index >= 15 is 0 Å². The summed E-state index contributed by atoms with van der Waals surface area (Å²) in [4.78, 5) is 11.6. The van der Waals surface area contributed by atoms with E-state index in [1.807, 2.05) is 30.3 Å². The van der Waals surface area contributed by atoms with Crippen LogP contribution in [-0.2, 0) is 11.3 Å². The van der Waals surface area contributed by atoms with Crippen LogP contribution in [0.3, 0.4) is 0 Å². The van der Waals surface area contributed by atoms with Gasteiger partial charge in [-0.25, -0.2) is 4.79 Å². The SMILES string of the molecule is O=C(NCCC(O)C(O)c1ccc2c(c1)OC(F)(F)O2)OCc1ccccc1. The number of aliphatic hydroxyl groups is 2. The standard InChI is InChI=1S/C19H19F2NO6/c20-19(21)27-15-7-6-13(10-16(15)28-19)17(24)14(23)8-9-22-18(25)26-11-12-4-2-1-3-5-12/h1-7,10,14,17,23-24H,8-9,11H2,(H,22,25). The number of rotatable bonds is 7. The molecule has 1 heterocycles. The van der Waals surface area contributed by atoms with E-state index in [4.69, 9.17) is 4.74 Å². The normalized spacial score (nSPS) is 16.3. The number of hydrogen-bond donors (Lipinski definition) is 3. The second-order valence-electron chi connectivity index (χ2n) is 6.16. The van der Waals surface area contributed by atoms with Gasteiger partial charge < -0.3 is 29.7 Å². The van der Waals surface area contributed by atoms with Gasteiger partial charge in [0.05, 0.1) is 6.10 Å². The molecule has 7 nitrogen and oxygen atoms in total. The molecule has 0 spiro atoms. The maximum absolute atomic E-state index is 13.0. The molecule has 3 N–H and O–H groups in total. The van der Waals surface area contributed by atoms with Crippen molar-refractivity contribution in [2.45, 2.75) is 31.5 Å². The number of aliphatic hydroxyl groups excluding tert-OH is 2. The van der Waals surface area contributed by atoms with Gasteiger partial charge in [0.2, 0.25) is 0 Å². The van der Waals surface area contributed by atoms with E-state index in [2.05, 4.69) is 14.8 Å². The van der Waals surface area contributed by atoms with E-state index in [-0.39, 0.29) is 36.6 Å². The van der Waals surface area contributed by atoms with Crippen molar-refractivity contribution in [3.63, 3.8) is 0 Å². The van der Waals surface area contributed by atoms with Crippen LogP contribution in [0.15, 0.2) is 48.5 Å². The van der Waals surface area contributed by atoms with E-state index in [0.29, 0.717) is 0 Å². The number of nitrogens with one attached hydrogen (secondary N) is 1. The number of alkyl halides is 2. The first-order chi connectivity index (χ1) is 13.3. The summed E-state index contributed by atoms with van der Waals surface area (Å²) in [5.74, 6) is -0.380.